The quantitative estimate of drug-likeness (QED) is 0.756. The van der Waals surface area contributed by atoms with Crippen molar-refractivity contribution in [3.63, 3.8) is 0 Å². The van der Waals surface area contributed by atoms with Crippen molar-refractivity contribution in [2.24, 2.45) is 5.73 Å². The lowest BCUT2D eigenvalue weighted by atomic mass is 10.00. The molecular formula is C15H19N3O2. The summed E-state index contributed by atoms with van der Waals surface area (Å²) in [7, 11) is 0. The fourth-order valence-corrected chi connectivity index (χ4v) is 2.94. The zero-order chi connectivity index (χ0) is 14.1. The summed E-state index contributed by atoms with van der Waals surface area (Å²) in [4.78, 5) is 23.5. The molecule has 2 atom stereocenters. The maximum Gasteiger partial charge on any atom is 0.251 e. The third-order valence-electron chi connectivity index (χ3n) is 4.15. The van der Waals surface area contributed by atoms with Gasteiger partial charge in [0.15, 0.2) is 0 Å². The minimum absolute atomic E-state index is 0.0339. The molecule has 5 nitrogen and oxygen atoms in total. The topological polar surface area (TPSA) is 84.2 Å². The number of nitrogens with one attached hydrogen (secondary N) is 2. The number of aryl methyl sites for hydroxylation is 1. The lowest BCUT2D eigenvalue weighted by molar-refractivity contribution is -0.116. The van der Waals surface area contributed by atoms with Crippen LogP contribution in [0.25, 0.3) is 0 Å². The predicted octanol–water partition coefficient (Wildman–Crippen LogP) is 1.18. The summed E-state index contributed by atoms with van der Waals surface area (Å²) < 4.78 is 0. The molecule has 0 radical (unpaired) electrons. The Bertz CT molecular complexity index is 556. The van der Waals surface area contributed by atoms with Gasteiger partial charge in [0, 0.05) is 29.8 Å². The number of hydrogen-bond acceptors (Lipinski definition) is 3. The first-order valence-electron chi connectivity index (χ1n) is 7.13. The normalized spacial score (nSPS) is 24.9. The number of amides is 2. The van der Waals surface area contributed by atoms with E-state index in [1.165, 1.54) is 0 Å². The van der Waals surface area contributed by atoms with Crippen LogP contribution in [0.5, 0.6) is 0 Å². The molecule has 1 aliphatic heterocycles. The molecule has 0 aromatic heterocycles. The van der Waals surface area contributed by atoms with E-state index in [2.05, 4.69) is 10.6 Å². The van der Waals surface area contributed by atoms with Gasteiger partial charge in [0.1, 0.15) is 0 Å². The van der Waals surface area contributed by atoms with Gasteiger partial charge in [0.25, 0.3) is 5.91 Å². The Morgan fingerprint density at radius 2 is 2.15 bits per heavy atom. The maximum atomic E-state index is 12.2. The molecule has 2 unspecified atom stereocenters. The van der Waals surface area contributed by atoms with Crippen molar-refractivity contribution in [1.82, 2.24) is 5.32 Å². The van der Waals surface area contributed by atoms with E-state index in [-0.39, 0.29) is 23.9 Å². The second-order valence-electron chi connectivity index (χ2n) is 5.59. The van der Waals surface area contributed by atoms with E-state index in [1.54, 1.807) is 12.1 Å². The number of benzene rings is 1. The standard InChI is InChI=1S/C15H19N3O2/c16-11-2-1-3-13(11)18-15(20)10-4-6-12-9(8-10)5-7-14(19)17-12/h4,6,8,11,13H,1-3,5,7,16H2,(H,17,19)(H,18,20). The molecule has 1 saturated carbocycles. The number of fused-ring (bicyclic) bond motifs is 1. The average Bonchev–Trinajstić information content (AvgIpc) is 2.83. The van der Waals surface area contributed by atoms with Gasteiger partial charge in [0.2, 0.25) is 5.91 Å². The highest BCUT2D eigenvalue weighted by atomic mass is 16.2. The molecule has 0 bridgehead atoms. The zero-order valence-electron chi connectivity index (χ0n) is 11.3. The van der Waals surface area contributed by atoms with Gasteiger partial charge in [0.05, 0.1) is 0 Å². The van der Waals surface area contributed by atoms with Crippen molar-refractivity contribution in [2.45, 2.75) is 44.2 Å². The van der Waals surface area contributed by atoms with Crippen molar-refractivity contribution < 1.29 is 9.59 Å². The highest BCUT2D eigenvalue weighted by Crippen LogP contribution is 2.24. The molecule has 2 amide bonds. The molecule has 0 saturated heterocycles. The van der Waals surface area contributed by atoms with Crippen LogP contribution in [0.2, 0.25) is 0 Å². The second-order valence-corrected chi connectivity index (χ2v) is 5.59. The molecule has 1 aliphatic carbocycles. The van der Waals surface area contributed by atoms with Crippen LogP contribution in [-0.2, 0) is 11.2 Å². The average molecular weight is 273 g/mol. The van der Waals surface area contributed by atoms with Crippen LogP contribution in [0.15, 0.2) is 18.2 Å². The summed E-state index contributed by atoms with van der Waals surface area (Å²) in [6, 6.07) is 5.56. The highest BCUT2D eigenvalue weighted by molar-refractivity contribution is 5.98. The first kappa shape index (κ1) is 13.1. The first-order valence-corrected chi connectivity index (χ1v) is 7.13. The lowest BCUT2D eigenvalue weighted by Gasteiger charge is -2.19. The van der Waals surface area contributed by atoms with Crippen LogP contribution in [0.3, 0.4) is 0 Å². The Morgan fingerprint density at radius 3 is 2.90 bits per heavy atom. The van der Waals surface area contributed by atoms with Crippen LogP contribution in [0.4, 0.5) is 5.69 Å². The van der Waals surface area contributed by atoms with E-state index in [0.29, 0.717) is 18.4 Å². The fraction of sp³-hybridized carbons (Fsp3) is 0.467. The smallest absolute Gasteiger partial charge is 0.251 e. The summed E-state index contributed by atoms with van der Waals surface area (Å²) >= 11 is 0. The van der Waals surface area contributed by atoms with Crippen LogP contribution >= 0.6 is 0 Å². The van der Waals surface area contributed by atoms with Crippen molar-refractivity contribution >= 4 is 17.5 Å². The Labute approximate surface area is 117 Å². The van der Waals surface area contributed by atoms with Crippen LogP contribution in [0, 0.1) is 0 Å². The van der Waals surface area contributed by atoms with Gasteiger partial charge in [-0.2, -0.15) is 0 Å². The maximum absolute atomic E-state index is 12.2. The number of nitrogens with two attached hydrogens (primary N) is 1. The van der Waals surface area contributed by atoms with Crippen LogP contribution < -0.4 is 16.4 Å². The SMILES string of the molecule is NC1CCCC1NC(=O)c1ccc2c(c1)CCC(=O)N2. The summed E-state index contributed by atoms with van der Waals surface area (Å²) in [5.74, 6) is -0.0429. The van der Waals surface area contributed by atoms with E-state index in [9.17, 15) is 9.59 Å². The molecule has 0 spiro atoms. The van der Waals surface area contributed by atoms with E-state index >= 15 is 0 Å². The minimum Gasteiger partial charge on any atom is -0.348 e. The molecule has 106 valence electrons. The van der Waals surface area contributed by atoms with Crippen LogP contribution in [0.1, 0.15) is 41.6 Å². The van der Waals surface area contributed by atoms with Crippen molar-refractivity contribution in [2.75, 3.05) is 5.32 Å². The number of carbonyl (C=O) groups excluding carboxylic acids is 2. The molecule has 3 rings (SSSR count). The Kier molecular flexibility index (Phi) is 3.44. The van der Waals surface area contributed by atoms with Gasteiger partial charge in [-0.25, -0.2) is 0 Å². The molecule has 20 heavy (non-hydrogen) atoms. The molecule has 1 aromatic carbocycles. The Balaban J connectivity index is 1.74. The van der Waals surface area contributed by atoms with Crippen molar-refractivity contribution in [3.05, 3.63) is 29.3 Å². The molecule has 4 N–H and O–H groups in total. The van der Waals surface area contributed by atoms with Gasteiger partial charge in [-0.15, -0.1) is 0 Å². The summed E-state index contributed by atoms with van der Waals surface area (Å²) in [6.45, 7) is 0. The first-order chi connectivity index (χ1) is 9.63. The predicted molar refractivity (Wildman–Crippen MR) is 76.5 cm³/mol. The van der Waals surface area contributed by atoms with E-state index in [0.717, 1.165) is 30.5 Å². The van der Waals surface area contributed by atoms with Gasteiger partial charge >= 0.3 is 0 Å². The van der Waals surface area contributed by atoms with Crippen molar-refractivity contribution in [3.8, 4) is 0 Å². The third kappa shape index (κ3) is 2.54. The third-order valence-corrected chi connectivity index (χ3v) is 4.15. The van der Waals surface area contributed by atoms with Gasteiger partial charge < -0.3 is 16.4 Å². The number of rotatable bonds is 2. The lowest BCUT2D eigenvalue weighted by Crippen LogP contribution is -2.44. The molecule has 1 aromatic rings. The Hall–Kier alpha value is -1.88. The van der Waals surface area contributed by atoms with Gasteiger partial charge in [-0.3, -0.25) is 9.59 Å². The minimum atomic E-state index is -0.0768. The van der Waals surface area contributed by atoms with Gasteiger partial charge in [-0.1, -0.05) is 0 Å². The van der Waals surface area contributed by atoms with E-state index < -0.39 is 0 Å². The number of hydrogen-bond donors (Lipinski definition) is 3. The molecular weight excluding hydrogens is 254 g/mol. The zero-order valence-corrected chi connectivity index (χ0v) is 11.3. The Morgan fingerprint density at radius 1 is 1.30 bits per heavy atom. The molecule has 5 heteroatoms. The monoisotopic (exact) mass is 273 g/mol. The highest BCUT2D eigenvalue weighted by Gasteiger charge is 2.26. The fourth-order valence-electron chi connectivity index (χ4n) is 2.94. The molecule has 1 heterocycles. The van der Waals surface area contributed by atoms with Crippen LogP contribution in [-0.4, -0.2) is 23.9 Å². The summed E-state index contributed by atoms with van der Waals surface area (Å²) in [5, 5.41) is 5.82. The van der Waals surface area contributed by atoms with E-state index in [1.807, 2.05) is 6.07 Å². The van der Waals surface area contributed by atoms with E-state index in [4.69, 9.17) is 5.73 Å². The largest absolute Gasteiger partial charge is 0.348 e. The van der Waals surface area contributed by atoms with Gasteiger partial charge in [-0.05, 0) is 49.4 Å². The summed E-state index contributed by atoms with van der Waals surface area (Å²) in [6.07, 6.45) is 4.16. The number of carbonyl (C=O) groups is 2. The summed E-state index contributed by atoms with van der Waals surface area (Å²) in [5.41, 5.74) is 8.44. The second kappa shape index (κ2) is 5.25. The molecule has 1 fully saturated rings. The number of anilines is 1. The molecule has 2 aliphatic rings. The van der Waals surface area contributed by atoms with Crippen molar-refractivity contribution in [1.29, 1.82) is 0 Å².